The fraction of sp³-hybridized carbons (Fsp3) is 0.500. The molecule has 0 saturated carbocycles. The number of carbonyl (C=O) groups is 2. The van der Waals surface area contributed by atoms with E-state index in [0.717, 1.165) is 23.3 Å². The van der Waals surface area contributed by atoms with Gasteiger partial charge in [0.05, 0.1) is 18.4 Å². The first-order chi connectivity index (χ1) is 17.9. The Bertz CT molecular complexity index is 1080. The zero-order valence-electron chi connectivity index (χ0n) is 22.2. The summed E-state index contributed by atoms with van der Waals surface area (Å²) in [7, 11) is 0. The first-order valence-electron chi connectivity index (χ1n) is 13.4. The van der Waals surface area contributed by atoms with Gasteiger partial charge in [0.25, 0.3) is 5.91 Å². The number of oxime groups is 1. The van der Waals surface area contributed by atoms with Crippen molar-refractivity contribution < 1.29 is 23.9 Å². The fourth-order valence-electron chi connectivity index (χ4n) is 4.85. The van der Waals surface area contributed by atoms with Crippen LogP contribution in [0.2, 0.25) is 0 Å². The summed E-state index contributed by atoms with van der Waals surface area (Å²) < 4.78 is 11.4. The molecule has 2 aliphatic heterocycles. The lowest BCUT2D eigenvalue weighted by molar-refractivity contribution is -0.140. The standard InChI is InChI=1S/C30H38N2O5/c1-4-5-6-7-8-12-19-35-24-17-15-23(16-18-24)25-21-26(37-31-25)28(33)32-27(30(2,3)36-29(32)34)20-22-13-10-9-11-14-22/h9-11,13-18,26-27H,4-8,12,19-21H2,1-3H3/t26-,27-/m0/s1. The Balaban J connectivity index is 1.31. The number of carbonyl (C=O) groups excluding carboxylic acids is 2. The molecule has 0 N–H and O–H groups in total. The molecular weight excluding hydrogens is 468 g/mol. The van der Waals surface area contributed by atoms with Gasteiger partial charge in [0.15, 0.2) is 0 Å². The van der Waals surface area contributed by atoms with E-state index in [0.29, 0.717) is 25.2 Å². The van der Waals surface area contributed by atoms with Gasteiger partial charge in [-0.15, -0.1) is 0 Å². The molecule has 1 saturated heterocycles. The van der Waals surface area contributed by atoms with Gasteiger partial charge in [-0.1, -0.05) is 74.5 Å². The van der Waals surface area contributed by atoms with Crippen molar-refractivity contribution in [1.82, 2.24) is 4.90 Å². The van der Waals surface area contributed by atoms with Gasteiger partial charge in [-0.25, -0.2) is 9.69 Å². The molecule has 0 bridgehead atoms. The number of nitrogens with zero attached hydrogens (tertiary/aromatic N) is 2. The summed E-state index contributed by atoms with van der Waals surface area (Å²) in [5.41, 5.74) is 1.76. The molecule has 1 fully saturated rings. The Morgan fingerprint density at radius 3 is 2.46 bits per heavy atom. The molecular formula is C30H38N2O5. The van der Waals surface area contributed by atoms with Gasteiger partial charge in [0.1, 0.15) is 11.4 Å². The van der Waals surface area contributed by atoms with E-state index in [4.69, 9.17) is 14.3 Å². The maximum absolute atomic E-state index is 13.4. The summed E-state index contributed by atoms with van der Waals surface area (Å²) in [6.07, 6.45) is 6.65. The fourth-order valence-corrected chi connectivity index (χ4v) is 4.85. The van der Waals surface area contributed by atoms with Crippen molar-refractivity contribution in [3.63, 3.8) is 0 Å². The number of ether oxygens (including phenoxy) is 2. The number of cyclic esters (lactones) is 1. The second kappa shape index (κ2) is 12.3. The minimum Gasteiger partial charge on any atom is -0.494 e. The Morgan fingerprint density at radius 2 is 1.73 bits per heavy atom. The second-order valence-corrected chi connectivity index (χ2v) is 10.4. The van der Waals surface area contributed by atoms with Gasteiger partial charge < -0.3 is 14.3 Å². The Morgan fingerprint density at radius 1 is 1.03 bits per heavy atom. The zero-order chi connectivity index (χ0) is 26.3. The number of hydrogen-bond donors (Lipinski definition) is 0. The maximum Gasteiger partial charge on any atom is 0.417 e. The lowest BCUT2D eigenvalue weighted by atomic mass is 9.91. The number of imide groups is 1. The van der Waals surface area contributed by atoms with Crippen molar-refractivity contribution in [2.75, 3.05) is 6.61 Å². The quantitative estimate of drug-likeness (QED) is 0.316. The number of unbranched alkanes of at least 4 members (excludes halogenated alkanes) is 5. The summed E-state index contributed by atoms with van der Waals surface area (Å²) in [5, 5.41) is 4.17. The topological polar surface area (TPSA) is 77.4 Å². The molecule has 0 spiro atoms. The van der Waals surface area contributed by atoms with E-state index in [-0.39, 0.29) is 0 Å². The van der Waals surface area contributed by atoms with E-state index < -0.39 is 29.7 Å². The highest BCUT2D eigenvalue weighted by atomic mass is 16.6. The Kier molecular flexibility index (Phi) is 8.85. The number of rotatable bonds is 12. The summed E-state index contributed by atoms with van der Waals surface area (Å²) in [6.45, 7) is 6.60. The molecule has 0 unspecified atom stereocenters. The zero-order valence-corrected chi connectivity index (χ0v) is 22.2. The molecule has 2 aromatic rings. The molecule has 198 valence electrons. The van der Waals surface area contributed by atoms with Crippen LogP contribution in [0.1, 0.15) is 76.8 Å². The minimum absolute atomic E-state index is 0.291. The predicted molar refractivity (Wildman–Crippen MR) is 143 cm³/mol. The molecule has 2 aromatic carbocycles. The van der Waals surface area contributed by atoms with Crippen LogP contribution in [0.5, 0.6) is 5.75 Å². The normalized spacial score (nSPS) is 20.4. The Labute approximate surface area is 219 Å². The van der Waals surface area contributed by atoms with Crippen LogP contribution in [0, 0.1) is 0 Å². The highest BCUT2D eigenvalue weighted by Crippen LogP contribution is 2.34. The molecule has 0 radical (unpaired) electrons. The molecule has 7 nitrogen and oxygen atoms in total. The molecule has 2 atom stereocenters. The van der Waals surface area contributed by atoms with Gasteiger partial charge in [-0.05, 0) is 62.1 Å². The lowest BCUT2D eigenvalue weighted by Gasteiger charge is -2.28. The van der Waals surface area contributed by atoms with Crippen LogP contribution in [0.15, 0.2) is 59.8 Å². The summed E-state index contributed by atoms with van der Waals surface area (Å²) >= 11 is 0. The van der Waals surface area contributed by atoms with Crippen LogP contribution in [0.4, 0.5) is 4.79 Å². The third kappa shape index (κ3) is 6.70. The lowest BCUT2D eigenvalue weighted by Crippen LogP contribution is -2.49. The van der Waals surface area contributed by atoms with E-state index in [1.807, 2.05) is 68.4 Å². The first-order valence-corrected chi connectivity index (χ1v) is 13.4. The SMILES string of the molecule is CCCCCCCCOc1ccc(C2=NO[C@H](C(=O)N3C(=O)OC(C)(C)[C@@H]3Cc3ccccc3)C2)cc1. The van der Waals surface area contributed by atoms with Gasteiger partial charge in [0, 0.05) is 6.42 Å². The number of hydrogen-bond acceptors (Lipinski definition) is 6. The van der Waals surface area contributed by atoms with Crippen LogP contribution in [-0.2, 0) is 20.8 Å². The second-order valence-electron chi connectivity index (χ2n) is 10.4. The van der Waals surface area contributed by atoms with E-state index in [1.54, 1.807) is 0 Å². The molecule has 2 aliphatic rings. The predicted octanol–water partition coefficient (Wildman–Crippen LogP) is 6.29. The van der Waals surface area contributed by atoms with Crippen LogP contribution >= 0.6 is 0 Å². The smallest absolute Gasteiger partial charge is 0.417 e. The van der Waals surface area contributed by atoms with Crippen LogP contribution in [0.25, 0.3) is 0 Å². The summed E-state index contributed by atoms with van der Waals surface area (Å²) in [5.74, 6) is 0.393. The third-order valence-electron chi connectivity index (χ3n) is 7.07. The average molecular weight is 507 g/mol. The largest absolute Gasteiger partial charge is 0.494 e. The van der Waals surface area contributed by atoms with Crippen molar-refractivity contribution in [2.24, 2.45) is 5.16 Å². The molecule has 4 rings (SSSR count). The van der Waals surface area contributed by atoms with Gasteiger partial charge in [-0.3, -0.25) is 4.79 Å². The first kappa shape index (κ1) is 26.7. The molecule has 0 aliphatic carbocycles. The van der Waals surface area contributed by atoms with Crippen LogP contribution < -0.4 is 4.74 Å². The number of benzene rings is 2. The summed E-state index contributed by atoms with van der Waals surface area (Å²) in [4.78, 5) is 32.9. The average Bonchev–Trinajstić information content (AvgIpc) is 3.46. The maximum atomic E-state index is 13.4. The monoisotopic (exact) mass is 506 g/mol. The van der Waals surface area contributed by atoms with Gasteiger partial charge >= 0.3 is 6.09 Å². The molecule has 7 heteroatoms. The van der Waals surface area contributed by atoms with E-state index in [1.165, 1.54) is 37.0 Å². The minimum atomic E-state index is -0.863. The van der Waals surface area contributed by atoms with Crippen molar-refractivity contribution in [3.05, 3.63) is 65.7 Å². The Hall–Kier alpha value is -3.35. The van der Waals surface area contributed by atoms with Gasteiger partial charge in [0.2, 0.25) is 6.10 Å². The van der Waals surface area contributed by atoms with E-state index in [2.05, 4.69) is 12.1 Å². The van der Waals surface area contributed by atoms with Crippen molar-refractivity contribution in [1.29, 1.82) is 0 Å². The molecule has 2 amide bonds. The third-order valence-corrected chi connectivity index (χ3v) is 7.07. The molecule has 2 heterocycles. The van der Waals surface area contributed by atoms with Crippen molar-refractivity contribution in [3.8, 4) is 5.75 Å². The highest BCUT2D eigenvalue weighted by molar-refractivity contribution is 6.06. The van der Waals surface area contributed by atoms with Crippen LogP contribution in [-0.4, -0.2) is 47.0 Å². The van der Waals surface area contributed by atoms with Crippen LogP contribution in [0.3, 0.4) is 0 Å². The van der Waals surface area contributed by atoms with Gasteiger partial charge in [-0.2, -0.15) is 0 Å². The van der Waals surface area contributed by atoms with E-state index in [9.17, 15) is 9.59 Å². The van der Waals surface area contributed by atoms with Crippen molar-refractivity contribution >= 4 is 17.7 Å². The highest BCUT2D eigenvalue weighted by Gasteiger charge is 2.52. The molecule has 0 aromatic heterocycles. The molecule has 37 heavy (non-hydrogen) atoms. The van der Waals surface area contributed by atoms with Crippen molar-refractivity contribution in [2.45, 2.75) is 89.9 Å². The van der Waals surface area contributed by atoms with E-state index >= 15 is 0 Å². The summed E-state index contributed by atoms with van der Waals surface area (Å²) in [6, 6.07) is 17.0. The number of amides is 2.